The Hall–Kier alpha value is -1.80. The quantitative estimate of drug-likeness (QED) is 0.714. The molecule has 118 valence electrons. The first-order valence-corrected chi connectivity index (χ1v) is 8.19. The normalized spacial score (nSPS) is 12.1. The number of hydrogen-bond acceptors (Lipinski definition) is 2. The Kier molecular flexibility index (Phi) is 6.47. The average Bonchev–Trinajstić information content (AvgIpc) is 2.56. The van der Waals surface area contributed by atoms with Crippen LogP contribution in [0.1, 0.15) is 32.3 Å². The van der Waals surface area contributed by atoms with Crippen LogP contribution in [-0.4, -0.2) is 19.7 Å². The summed E-state index contributed by atoms with van der Waals surface area (Å²) in [5.74, 6) is 0.896. The van der Waals surface area contributed by atoms with E-state index in [0.29, 0.717) is 6.04 Å². The van der Waals surface area contributed by atoms with Gasteiger partial charge in [0.2, 0.25) is 0 Å². The lowest BCUT2D eigenvalue weighted by molar-refractivity contribution is 0.415. The van der Waals surface area contributed by atoms with Crippen LogP contribution >= 0.6 is 0 Å². The van der Waals surface area contributed by atoms with Crippen LogP contribution in [0, 0.1) is 0 Å². The lowest BCUT2D eigenvalue weighted by atomic mass is 10.0. The second-order valence-corrected chi connectivity index (χ2v) is 5.84. The first-order valence-electron chi connectivity index (χ1n) is 8.19. The third-order valence-electron chi connectivity index (χ3n) is 3.94. The number of hydrogen-bond donors (Lipinski definition) is 1. The summed E-state index contributed by atoms with van der Waals surface area (Å²) >= 11 is 0. The summed E-state index contributed by atoms with van der Waals surface area (Å²) in [4.78, 5) is 0. The molecule has 0 spiro atoms. The van der Waals surface area contributed by atoms with Gasteiger partial charge in [-0.2, -0.15) is 0 Å². The summed E-state index contributed by atoms with van der Waals surface area (Å²) in [5, 5.41) is 3.58. The Balaban J connectivity index is 1.94. The Morgan fingerprint density at radius 2 is 1.55 bits per heavy atom. The molecule has 0 aliphatic carbocycles. The maximum atomic E-state index is 5.20. The van der Waals surface area contributed by atoms with Gasteiger partial charge in [-0.25, -0.2) is 0 Å². The fourth-order valence-corrected chi connectivity index (χ4v) is 2.57. The van der Waals surface area contributed by atoms with Crippen LogP contribution in [-0.2, 0) is 6.42 Å². The zero-order chi connectivity index (χ0) is 15.8. The fraction of sp³-hybridized carbons (Fsp3) is 0.400. The molecule has 2 aromatic rings. The van der Waals surface area contributed by atoms with Crippen molar-refractivity contribution in [3.63, 3.8) is 0 Å². The molecule has 1 atom stereocenters. The van der Waals surface area contributed by atoms with Gasteiger partial charge in [0.25, 0.3) is 0 Å². The highest BCUT2D eigenvalue weighted by atomic mass is 16.5. The molecule has 2 heteroatoms. The molecule has 22 heavy (non-hydrogen) atoms. The van der Waals surface area contributed by atoms with E-state index in [1.54, 1.807) is 7.11 Å². The van der Waals surface area contributed by atoms with Gasteiger partial charge in [0.15, 0.2) is 0 Å². The maximum absolute atomic E-state index is 5.20. The summed E-state index contributed by atoms with van der Waals surface area (Å²) < 4.78 is 5.20. The summed E-state index contributed by atoms with van der Waals surface area (Å²) in [6.07, 6.45) is 3.57. The van der Waals surface area contributed by atoms with E-state index >= 15 is 0 Å². The van der Waals surface area contributed by atoms with Crippen LogP contribution in [0.4, 0.5) is 0 Å². The topological polar surface area (TPSA) is 21.3 Å². The molecule has 2 nitrogen and oxygen atoms in total. The summed E-state index contributed by atoms with van der Waals surface area (Å²) in [6, 6.07) is 17.6. The van der Waals surface area contributed by atoms with Crippen molar-refractivity contribution in [1.29, 1.82) is 0 Å². The van der Waals surface area contributed by atoms with Crippen LogP contribution in [0.3, 0.4) is 0 Å². The Morgan fingerprint density at radius 3 is 2.09 bits per heavy atom. The number of unbranched alkanes of at least 4 members (excludes halogenated alkanes) is 1. The van der Waals surface area contributed by atoms with Gasteiger partial charge in [0.05, 0.1) is 7.11 Å². The Bertz CT molecular complexity index is 545. The van der Waals surface area contributed by atoms with Gasteiger partial charge in [-0.3, -0.25) is 0 Å². The molecule has 0 fully saturated rings. The van der Waals surface area contributed by atoms with Crippen molar-refractivity contribution in [2.45, 2.75) is 39.2 Å². The Labute approximate surface area is 134 Å². The zero-order valence-electron chi connectivity index (χ0n) is 13.9. The van der Waals surface area contributed by atoms with Crippen molar-refractivity contribution >= 4 is 0 Å². The minimum atomic E-state index is 0.526. The standard InChI is InChI=1S/C20H27NO/c1-4-5-14-21-16(2)15-17-6-8-18(9-7-17)19-10-12-20(22-3)13-11-19/h6-13,16,21H,4-5,14-15H2,1-3H3. The van der Waals surface area contributed by atoms with Gasteiger partial charge in [0, 0.05) is 6.04 Å². The van der Waals surface area contributed by atoms with Crippen LogP contribution in [0.25, 0.3) is 11.1 Å². The molecule has 0 amide bonds. The number of rotatable bonds is 8. The molecule has 0 saturated heterocycles. The Morgan fingerprint density at radius 1 is 0.955 bits per heavy atom. The number of ether oxygens (including phenoxy) is 1. The summed E-state index contributed by atoms with van der Waals surface area (Å²) in [5.41, 5.74) is 3.85. The van der Waals surface area contributed by atoms with E-state index in [0.717, 1.165) is 18.7 Å². The molecule has 1 unspecified atom stereocenters. The fourth-order valence-electron chi connectivity index (χ4n) is 2.57. The van der Waals surface area contributed by atoms with E-state index in [1.165, 1.54) is 29.5 Å². The summed E-state index contributed by atoms with van der Waals surface area (Å²) in [6.45, 7) is 5.60. The van der Waals surface area contributed by atoms with Crippen molar-refractivity contribution in [2.24, 2.45) is 0 Å². The molecular formula is C20H27NO. The van der Waals surface area contributed by atoms with Crippen LogP contribution in [0.15, 0.2) is 48.5 Å². The first-order chi connectivity index (χ1) is 10.7. The van der Waals surface area contributed by atoms with E-state index < -0.39 is 0 Å². The van der Waals surface area contributed by atoms with E-state index in [2.05, 4.69) is 55.6 Å². The third kappa shape index (κ3) is 4.88. The van der Waals surface area contributed by atoms with E-state index in [4.69, 9.17) is 4.74 Å². The lowest BCUT2D eigenvalue weighted by Gasteiger charge is -2.14. The molecule has 1 N–H and O–H groups in total. The van der Waals surface area contributed by atoms with Crippen molar-refractivity contribution < 1.29 is 4.74 Å². The number of methoxy groups -OCH3 is 1. The van der Waals surface area contributed by atoms with E-state index in [9.17, 15) is 0 Å². The van der Waals surface area contributed by atoms with Crippen LogP contribution < -0.4 is 10.1 Å². The number of nitrogens with one attached hydrogen (secondary N) is 1. The van der Waals surface area contributed by atoms with Crippen molar-refractivity contribution in [2.75, 3.05) is 13.7 Å². The van der Waals surface area contributed by atoms with E-state index in [1.807, 2.05) is 12.1 Å². The minimum absolute atomic E-state index is 0.526. The molecule has 0 aliphatic heterocycles. The molecule has 0 aliphatic rings. The summed E-state index contributed by atoms with van der Waals surface area (Å²) in [7, 11) is 1.69. The SMILES string of the molecule is CCCCNC(C)Cc1ccc(-c2ccc(OC)cc2)cc1. The first kappa shape index (κ1) is 16.6. The number of benzene rings is 2. The molecule has 2 aromatic carbocycles. The third-order valence-corrected chi connectivity index (χ3v) is 3.94. The average molecular weight is 297 g/mol. The smallest absolute Gasteiger partial charge is 0.118 e. The predicted octanol–water partition coefficient (Wildman–Crippen LogP) is 4.68. The highest BCUT2D eigenvalue weighted by Crippen LogP contribution is 2.22. The highest BCUT2D eigenvalue weighted by molar-refractivity contribution is 5.64. The lowest BCUT2D eigenvalue weighted by Crippen LogP contribution is -2.28. The molecule has 0 radical (unpaired) electrons. The predicted molar refractivity (Wildman–Crippen MR) is 94.5 cm³/mol. The monoisotopic (exact) mass is 297 g/mol. The van der Waals surface area contributed by atoms with Gasteiger partial charge in [0.1, 0.15) is 5.75 Å². The van der Waals surface area contributed by atoms with Gasteiger partial charge >= 0.3 is 0 Å². The largest absolute Gasteiger partial charge is 0.497 e. The van der Waals surface area contributed by atoms with Crippen molar-refractivity contribution in [1.82, 2.24) is 5.32 Å². The molecule has 0 aromatic heterocycles. The van der Waals surface area contributed by atoms with Crippen LogP contribution in [0.2, 0.25) is 0 Å². The van der Waals surface area contributed by atoms with Crippen LogP contribution in [0.5, 0.6) is 5.75 Å². The molecule has 0 saturated carbocycles. The van der Waals surface area contributed by atoms with Gasteiger partial charge in [-0.05, 0) is 55.1 Å². The van der Waals surface area contributed by atoms with Gasteiger partial charge in [-0.1, -0.05) is 49.7 Å². The molecule has 0 bridgehead atoms. The van der Waals surface area contributed by atoms with Crippen molar-refractivity contribution in [3.05, 3.63) is 54.1 Å². The highest BCUT2D eigenvalue weighted by Gasteiger charge is 2.04. The van der Waals surface area contributed by atoms with Crippen molar-refractivity contribution in [3.8, 4) is 16.9 Å². The van der Waals surface area contributed by atoms with E-state index in [-0.39, 0.29) is 0 Å². The molecule has 2 rings (SSSR count). The maximum Gasteiger partial charge on any atom is 0.118 e. The second kappa shape index (κ2) is 8.60. The second-order valence-electron chi connectivity index (χ2n) is 5.84. The molecule has 0 heterocycles. The van der Waals surface area contributed by atoms with Gasteiger partial charge in [-0.15, -0.1) is 0 Å². The molecular weight excluding hydrogens is 270 g/mol. The van der Waals surface area contributed by atoms with Gasteiger partial charge < -0.3 is 10.1 Å². The zero-order valence-corrected chi connectivity index (χ0v) is 13.9. The minimum Gasteiger partial charge on any atom is -0.497 e.